The van der Waals surface area contributed by atoms with Gasteiger partial charge in [-0.1, -0.05) is 72.8 Å². The number of hydrogen-bond donors (Lipinski definition) is 2. The van der Waals surface area contributed by atoms with Gasteiger partial charge in [0.25, 0.3) is 0 Å². The molecular weight excluding hydrogens is 332 g/mol. The van der Waals surface area contributed by atoms with Gasteiger partial charge in [0.1, 0.15) is 18.5 Å². The van der Waals surface area contributed by atoms with Gasteiger partial charge in [-0.15, -0.1) is 0 Å². The van der Waals surface area contributed by atoms with E-state index in [4.69, 9.17) is 4.74 Å². The Morgan fingerprint density at radius 2 is 1.33 bits per heavy atom. The largest absolute Gasteiger partial charge is 0.488 e. The van der Waals surface area contributed by atoms with E-state index in [1.165, 1.54) is 10.8 Å². The second-order valence-electron chi connectivity index (χ2n) is 6.74. The van der Waals surface area contributed by atoms with Crippen LogP contribution in [0.3, 0.4) is 0 Å². The molecule has 0 saturated heterocycles. The van der Waals surface area contributed by atoms with Crippen molar-refractivity contribution >= 4 is 22.1 Å². The second kappa shape index (κ2) is 6.69. The standard InChI is InChI=1S/C24H20N2O/c1-2-8-17(9-3-1)16-27-22-15-5-4-12-19(22)24-25-20-13-6-10-18-11-7-14-21(26-24)23(18)20/h1-15,24-26H,16H2. The predicted molar refractivity (Wildman–Crippen MR) is 111 cm³/mol. The topological polar surface area (TPSA) is 33.3 Å². The Bertz CT molecular complexity index is 1050. The van der Waals surface area contributed by atoms with Gasteiger partial charge in [0.2, 0.25) is 0 Å². The molecular formula is C24H20N2O. The fraction of sp³-hybridized carbons (Fsp3) is 0.0833. The van der Waals surface area contributed by atoms with Crippen LogP contribution in [0.2, 0.25) is 0 Å². The molecule has 0 fully saturated rings. The summed E-state index contributed by atoms with van der Waals surface area (Å²) in [5.74, 6) is 0.887. The first-order chi connectivity index (χ1) is 13.4. The highest BCUT2D eigenvalue weighted by molar-refractivity contribution is 6.04. The highest BCUT2D eigenvalue weighted by Gasteiger charge is 2.22. The molecule has 3 heteroatoms. The first kappa shape index (κ1) is 15.8. The van der Waals surface area contributed by atoms with Crippen LogP contribution in [0.5, 0.6) is 5.75 Å². The Morgan fingerprint density at radius 1 is 0.667 bits per heavy atom. The van der Waals surface area contributed by atoms with Crippen LogP contribution in [0.4, 0.5) is 11.4 Å². The third-order valence-electron chi connectivity index (χ3n) is 4.97. The smallest absolute Gasteiger partial charge is 0.127 e. The lowest BCUT2D eigenvalue weighted by molar-refractivity contribution is 0.302. The van der Waals surface area contributed by atoms with Crippen LogP contribution in [-0.4, -0.2) is 0 Å². The zero-order valence-corrected chi connectivity index (χ0v) is 14.9. The van der Waals surface area contributed by atoms with Crippen LogP contribution in [0, 0.1) is 0 Å². The average molecular weight is 352 g/mol. The molecule has 0 bridgehead atoms. The first-order valence-corrected chi connectivity index (χ1v) is 9.19. The quantitative estimate of drug-likeness (QED) is 0.476. The molecule has 0 amide bonds. The van der Waals surface area contributed by atoms with Gasteiger partial charge >= 0.3 is 0 Å². The number of para-hydroxylation sites is 1. The van der Waals surface area contributed by atoms with Crippen LogP contribution in [0.25, 0.3) is 10.8 Å². The number of rotatable bonds is 4. The summed E-state index contributed by atoms with van der Waals surface area (Å²) in [4.78, 5) is 0. The summed E-state index contributed by atoms with van der Waals surface area (Å²) in [6.07, 6.45) is -0.0440. The molecule has 2 N–H and O–H groups in total. The van der Waals surface area contributed by atoms with Crippen molar-refractivity contribution in [2.24, 2.45) is 0 Å². The fourth-order valence-corrected chi connectivity index (χ4v) is 3.67. The lowest BCUT2D eigenvalue weighted by Crippen LogP contribution is -2.24. The molecule has 0 unspecified atom stereocenters. The Hall–Kier alpha value is -3.46. The molecule has 1 aliphatic heterocycles. The lowest BCUT2D eigenvalue weighted by atomic mass is 10.0. The lowest BCUT2D eigenvalue weighted by Gasteiger charge is -2.30. The molecule has 5 rings (SSSR count). The minimum atomic E-state index is -0.0440. The van der Waals surface area contributed by atoms with Crippen molar-refractivity contribution in [2.75, 3.05) is 10.6 Å². The van der Waals surface area contributed by atoms with Crippen molar-refractivity contribution in [3.63, 3.8) is 0 Å². The minimum absolute atomic E-state index is 0.0440. The zero-order valence-electron chi connectivity index (χ0n) is 14.9. The molecule has 4 aromatic rings. The number of anilines is 2. The molecule has 3 nitrogen and oxygen atoms in total. The Balaban J connectivity index is 1.46. The van der Waals surface area contributed by atoms with Crippen LogP contribution >= 0.6 is 0 Å². The van der Waals surface area contributed by atoms with Crippen LogP contribution in [0.15, 0.2) is 91.0 Å². The molecule has 0 aliphatic carbocycles. The number of hydrogen-bond acceptors (Lipinski definition) is 3. The molecule has 1 aliphatic rings. The van der Waals surface area contributed by atoms with Crippen molar-refractivity contribution in [1.82, 2.24) is 0 Å². The van der Waals surface area contributed by atoms with Gasteiger partial charge in [-0.2, -0.15) is 0 Å². The maximum absolute atomic E-state index is 6.16. The highest BCUT2D eigenvalue weighted by Crippen LogP contribution is 2.40. The normalized spacial score (nSPS) is 13.0. The van der Waals surface area contributed by atoms with E-state index in [1.807, 2.05) is 30.3 Å². The van der Waals surface area contributed by atoms with Crippen LogP contribution in [-0.2, 0) is 6.61 Å². The molecule has 0 radical (unpaired) electrons. The molecule has 27 heavy (non-hydrogen) atoms. The highest BCUT2D eigenvalue weighted by atomic mass is 16.5. The molecule has 0 aromatic heterocycles. The van der Waals surface area contributed by atoms with Crippen molar-refractivity contribution < 1.29 is 4.74 Å². The Labute approximate surface area is 158 Å². The third-order valence-corrected chi connectivity index (χ3v) is 4.97. The SMILES string of the molecule is c1ccc(COc2ccccc2C2Nc3cccc4cccc(c34)N2)cc1. The summed E-state index contributed by atoms with van der Waals surface area (Å²) >= 11 is 0. The summed E-state index contributed by atoms with van der Waals surface area (Å²) in [5, 5.41) is 9.72. The maximum atomic E-state index is 6.16. The number of nitrogens with one attached hydrogen (secondary N) is 2. The van der Waals surface area contributed by atoms with Gasteiger partial charge < -0.3 is 15.4 Å². The van der Waals surface area contributed by atoms with E-state index in [0.717, 1.165) is 28.3 Å². The van der Waals surface area contributed by atoms with E-state index in [0.29, 0.717) is 6.61 Å². The van der Waals surface area contributed by atoms with Crippen molar-refractivity contribution in [3.05, 3.63) is 102 Å². The maximum Gasteiger partial charge on any atom is 0.127 e. The minimum Gasteiger partial charge on any atom is -0.488 e. The van der Waals surface area contributed by atoms with E-state index < -0.39 is 0 Å². The van der Waals surface area contributed by atoms with Gasteiger partial charge in [-0.05, 0) is 29.1 Å². The van der Waals surface area contributed by atoms with Crippen molar-refractivity contribution in [3.8, 4) is 5.75 Å². The van der Waals surface area contributed by atoms with E-state index in [-0.39, 0.29) is 6.17 Å². The summed E-state index contributed by atoms with van der Waals surface area (Å²) in [7, 11) is 0. The molecule has 0 atom stereocenters. The summed E-state index contributed by atoms with van der Waals surface area (Å²) in [6, 6.07) is 31.2. The van der Waals surface area contributed by atoms with Gasteiger partial charge in [0.15, 0.2) is 0 Å². The van der Waals surface area contributed by atoms with E-state index >= 15 is 0 Å². The van der Waals surface area contributed by atoms with Gasteiger partial charge in [-0.25, -0.2) is 0 Å². The Morgan fingerprint density at radius 3 is 2.07 bits per heavy atom. The molecule has 0 spiro atoms. The van der Waals surface area contributed by atoms with E-state index in [1.54, 1.807) is 0 Å². The molecule has 132 valence electrons. The Kier molecular flexibility index (Phi) is 3.91. The first-order valence-electron chi connectivity index (χ1n) is 9.19. The van der Waals surface area contributed by atoms with Crippen molar-refractivity contribution in [1.29, 1.82) is 0 Å². The van der Waals surface area contributed by atoms with Crippen LogP contribution < -0.4 is 15.4 Å². The van der Waals surface area contributed by atoms with Gasteiger partial charge in [0.05, 0.1) is 0 Å². The summed E-state index contributed by atoms with van der Waals surface area (Å²) in [6.45, 7) is 0.552. The summed E-state index contributed by atoms with van der Waals surface area (Å²) < 4.78 is 6.16. The summed E-state index contributed by atoms with van der Waals surface area (Å²) in [5.41, 5.74) is 4.54. The van der Waals surface area contributed by atoms with E-state index in [9.17, 15) is 0 Å². The fourth-order valence-electron chi connectivity index (χ4n) is 3.67. The number of ether oxygens (including phenoxy) is 1. The van der Waals surface area contributed by atoms with Crippen LogP contribution in [0.1, 0.15) is 17.3 Å². The number of benzene rings is 4. The second-order valence-corrected chi connectivity index (χ2v) is 6.74. The predicted octanol–water partition coefficient (Wildman–Crippen LogP) is 5.96. The molecule has 1 heterocycles. The van der Waals surface area contributed by atoms with E-state index in [2.05, 4.69) is 71.3 Å². The van der Waals surface area contributed by atoms with Gasteiger partial charge in [0, 0.05) is 22.3 Å². The average Bonchev–Trinajstić information content (AvgIpc) is 2.73. The van der Waals surface area contributed by atoms with Crippen molar-refractivity contribution in [2.45, 2.75) is 12.8 Å². The van der Waals surface area contributed by atoms with Gasteiger partial charge in [-0.3, -0.25) is 0 Å². The third kappa shape index (κ3) is 2.97. The molecule has 0 saturated carbocycles. The zero-order chi connectivity index (χ0) is 18.1. The molecule has 4 aromatic carbocycles. The monoisotopic (exact) mass is 352 g/mol.